The topological polar surface area (TPSA) is 130 Å². The molecule has 2 unspecified atom stereocenters. The Morgan fingerprint density at radius 3 is 2.43 bits per heavy atom. The molecule has 1 aliphatic rings. The van der Waals surface area contributed by atoms with Crippen molar-refractivity contribution in [1.29, 1.82) is 0 Å². The zero-order chi connectivity index (χ0) is 22.4. The summed E-state index contributed by atoms with van der Waals surface area (Å²) in [5.41, 5.74) is 0. The van der Waals surface area contributed by atoms with Gasteiger partial charge in [0.05, 0.1) is 18.9 Å². The Kier molecular flexibility index (Phi) is 8.30. The number of Topliss-reactive ketones (excluding diaryl/α,β-unsaturated/α-hetero) is 1. The third kappa shape index (κ3) is 5.99. The highest BCUT2D eigenvalue weighted by Crippen LogP contribution is 2.34. The second kappa shape index (κ2) is 10.5. The van der Waals surface area contributed by atoms with Gasteiger partial charge in [0.15, 0.2) is 11.4 Å². The maximum Gasteiger partial charge on any atom is 0.380 e. The van der Waals surface area contributed by atoms with Crippen molar-refractivity contribution in [2.24, 2.45) is 11.8 Å². The average Bonchev–Trinajstić information content (AvgIpc) is 3.14. The Labute approximate surface area is 178 Å². The normalized spacial score (nSPS) is 25.8. The van der Waals surface area contributed by atoms with Crippen LogP contribution in [-0.2, 0) is 33.3 Å². The zero-order valence-electron chi connectivity index (χ0n) is 17.5. The van der Waals surface area contributed by atoms with E-state index in [1.807, 2.05) is 13.8 Å². The molecule has 1 saturated heterocycles. The first-order chi connectivity index (χ1) is 14.1. The molecule has 10 nitrogen and oxygen atoms in total. The van der Waals surface area contributed by atoms with Crippen molar-refractivity contribution in [3.05, 3.63) is 11.1 Å². The summed E-state index contributed by atoms with van der Waals surface area (Å²) in [6.07, 6.45) is -0.608. The van der Waals surface area contributed by atoms with Crippen molar-refractivity contribution in [3.8, 4) is 0 Å². The van der Waals surface area contributed by atoms with Gasteiger partial charge in [-0.15, -0.1) is 0 Å². The number of carbonyl (C=O) groups excluding carboxylic acids is 4. The van der Waals surface area contributed by atoms with Gasteiger partial charge >= 0.3 is 17.9 Å². The molecule has 1 aromatic rings. The Bertz CT molecular complexity index is 793. The molecule has 166 valence electrons. The summed E-state index contributed by atoms with van der Waals surface area (Å²) < 4.78 is 21.3. The van der Waals surface area contributed by atoms with Gasteiger partial charge in [-0.05, 0) is 12.8 Å². The van der Waals surface area contributed by atoms with Gasteiger partial charge in [-0.1, -0.05) is 25.2 Å². The highest BCUT2D eigenvalue weighted by molar-refractivity contribution is 7.18. The van der Waals surface area contributed by atoms with Gasteiger partial charge in [0, 0.05) is 19.8 Å². The van der Waals surface area contributed by atoms with Crippen LogP contribution in [0.2, 0.25) is 0 Å². The summed E-state index contributed by atoms with van der Waals surface area (Å²) in [6, 6.07) is 0. The van der Waals surface area contributed by atoms with E-state index >= 15 is 0 Å². The smallest absolute Gasteiger partial charge is 0.380 e. The van der Waals surface area contributed by atoms with Gasteiger partial charge in [0.1, 0.15) is 17.6 Å². The number of hydrogen-bond acceptors (Lipinski definition) is 11. The van der Waals surface area contributed by atoms with Crippen LogP contribution in [0.5, 0.6) is 0 Å². The van der Waals surface area contributed by atoms with Crippen LogP contribution in [0, 0.1) is 11.8 Å². The number of anilines is 1. The van der Waals surface area contributed by atoms with E-state index in [-0.39, 0.29) is 29.9 Å². The number of rotatable bonds is 8. The Morgan fingerprint density at radius 2 is 1.83 bits per heavy atom. The molecule has 5 atom stereocenters. The number of aromatic nitrogens is 1. The molecule has 0 aromatic carbocycles. The predicted molar refractivity (Wildman–Crippen MR) is 106 cm³/mol. The van der Waals surface area contributed by atoms with Gasteiger partial charge in [-0.2, -0.15) is 0 Å². The summed E-state index contributed by atoms with van der Waals surface area (Å²) in [6.45, 7) is 8.20. The molecule has 2 heterocycles. The average molecular weight is 442 g/mol. The van der Waals surface area contributed by atoms with Crippen LogP contribution in [0.4, 0.5) is 5.13 Å². The number of nitrogens with one attached hydrogen (secondary N) is 1. The van der Waals surface area contributed by atoms with E-state index < -0.39 is 42.1 Å². The van der Waals surface area contributed by atoms with Crippen LogP contribution in [0.1, 0.15) is 44.3 Å². The number of carbonyl (C=O) groups is 4. The second-order valence-electron chi connectivity index (χ2n) is 6.91. The van der Waals surface area contributed by atoms with Crippen LogP contribution in [-0.4, -0.2) is 60.3 Å². The molecule has 0 radical (unpaired) electrons. The first-order valence-electron chi connectivity index (χ1n) is 9.53. The van der Waals surface area contributed by atoms with Crippen molar-refractivity contribution in [2.75, 3.05) is 18.5 Å². The molecule has 0 amide bonds. The van der Waals surface area contributed by atoms with Crippen molar-refractivity contribution < 1.29 is 38.1 Å². The largest absolute Gasteiger partial charge is 0.463 e. The number of ketones is 1. The number of ether oxygens (including phenoxy) is 4. The quantitative estimate of drug-likeness (QED) is 0.275. The van der Waals surface area contributed by atoms with E-state index in [1.165, 1.54) is 20.0 Å². The monoisotopic (exact) mass is 442 g/mol. The summed E-state index contributed by atoms with van der Waals surface area (Å²) in [5, 5.41) is 3.32. The van der Waals surface area contributed by atoms with E-state index in [1.54, 1.807) is 6.92 Å². The molecule has 0 aliphatic carbocycles. The standard InChI is InChI=1S/C19H26N2O8S/c1-6-26-18(25)15(24)14-7-20-19(30-14)21-17-16(28-12(5)23)10(3)9(2)13(29-17)8-27-11(4)22/h7,9-10,13,16-17H,6,8H2,1-5H3,(H,20,21)/t9-,10-,13?,16?,17-/m0/s1. The third-order valence-corrected chi connectivity index (χ3v) is 5.69. The number of thiazole rings is 1. The van der Waals surface area contributed by atoms with Crippen LogP contribution in [0.15, 0.2) is 6.20 Å². The number of esters is 3. The van der Waals surface area contributed by atoms with Gasteiger partial charge in [-0.3, -0.25) is 14.4 Å². The lowest BCUT2D eigenvalue weighted by Crippen LogP contribution is -2.55. The van der Waals surface area contributed by atoms with E-state index in [0.29, 0.717) is 5.13 Å². The highest BCUT2D eigenvalue weighted by atomic mass is 32.1. The summed E-state index contributed by atoms with van der Waals surface area (Å²) >= 11 is 0.953. The first-order valence-corrected chi connectivity index (χ1v) is 10.4. The maximum atomic E-state index is 12.1. The van der Waals surface area contributed by atoms with Crippen LogP contribution in [0.3, 0.4) is 0 Å². The van der Waals surface area contributed by atoms with Crippen LogP contribution < -0.4 is 5.32 Å². The highest BCUT2D eigenvalue weighted by Gasteiger charge is 2.44. The molecule has 1 fully saturated rings. The van der Waals surface area contributed by atoms with Gasteiger partial charge in [0.2, 0.25) is 0 Å². The summed E-state index contributed by atoms with van der Waals surface area (Å²) in [7, 11) is 0. The number of nitrogens with zero attached hydrogens (tertiary/aromatic N) is 1. The fraction of sp³-hybridized carbons (Fsp3) is 0.632. The van der Waals surface area contributed by atoms with Crippen LogP contribution >= 0.6 is 11.3 Å². The summed E-state index contributed by atoms with van der Waals surface area (Å²) in [4.78, 5) is 50.7. The van der Waals surface area contributed by atoms with E-state index in [9.17, 15) is 19.2 Å². The minimum atomic E-state index is -0.955. The maximum absolute atomic E-state index is 12.1. The lowest BCUT2D eigenvalue weighted by molar-refractivity contribution is -0.197. The molecule has 30 heavy (non-hydrogen) atoms. The molecule has 1 aliphatic heterocycles. The molecule has 1 aromatic heterocycles. The molecular formula is C19H26N2O8S. The lowest BCUT2D eigenvalue weighted by atomic mass is 9.83. The second-order valence-corrected chi connectivity index (χ2v) is 7.94. The molecule has 0 saturated carbocycles. The molecule has 0 spiro atoms. The van der Waals surface area contributed by atoms with E-state index in [2.05, 4.69) is 10.3 Å². The molecule has 11 heteroatoms. The van der Waals surface area contributed by atoms with E-state index in [4.69, 9.17) is 18.9 Å². The van der Waals surface area contributed by atoms with Crippen molar-refractivity contribution in [1.82, 2.24) is 4.98 Å². The molecule has 1 N–H and O–H groups in total. The molecule has 0 bridgehead atoms. The zero-order valence-corrected chi connectivity index (χ0v) is 18.3. The SMILES string of the molecule is CCOC(=O)C(=O)c1cnc(N[C@H]2OC(COC(C)=O)[C@@H](C)[C@H](C)C2OC(C)=O)s1. The van der Waals surface area contributed by atoms with E-state index in [0.717, 1.165) is 11.3 Å². The van der Waals surface area contributed by atoms with Crippen LogP contribution in [0.25, 0.3) is 0 Å². The van der Waals surface area contributed by atoms with Gasteiger partial charge < -0.3 is 24.3 Å². The van der Waals surface area contributed by atoms with Crippen molar-refractivity contribution in [3.63, 3.8) is 0 Å². The lowest BCUT2D eigenvalue weighted by Gasteiger charge is -2.43. The van der Waals surface area contributed by atoms with Gasteiger partial charge in [0.25, 0.3) is 5.78 Å². The Balaban J connectivity index is 2.18. The third-order valence-electron chi connectivity index (χ3n) is 4.76. The van der Waals surface area contributed by atoms with Crippen molar-refractivity contribution in [2.45, 2.75) is 53.1 Å². The fourth-order valence-corrected chi connectivity index (χ4v) is 3.81. The Hall–Kier alpha value is -2.53. The molecular weight excluding hydrogens is 416 g/mol. The minimum absolute atomic E-state index is 0.0519. The predicted octanol–water partition coefficient (Wildman–Crippen LogP) is 1.79. The summed E-state index contributed by atoms with van der Waals surface area (Å²) in [5.74, 6) is -2.83. The minimum Gasteiger partial charge on any atom is -0.463 e. The Morgan fingerprint density at radius 1 is 1.13 bits per heavy atom. The molecule has 2 rings (SSSR count). The number of hydrogen-bond donors (Lipinski definition) is 1. The van der Waals surface area contributed by atoms with Crippen molar-refractivity contribution >= 4 is 40.2 Å². The first kappa shape index (κ1) is 23.7. The van der Waals surface area contributed by atoms with Gasteiger partial charge in [-0.25, -0.2) is 9.78 Å². The fourth-order valence-electron chi connectivity index (χ4n) is 3.04.